The van der Waals surface area contributed by atoms with Crippen molar-refractivity contribution in [1.29, 1.82) is 0 Å². The standard InChI is InChI=1S/C25H30FN3O3/c1-3-30-22-14-18(15-23(24(22)26)31-4-2)16-29-12-10-20(11-13-29)27-25-28-21(17-32-25)19-8-6-5-7-9-19/h5-9,14-15,17,20H,3-4,10-13,16H2,1-2H3,(H,27,28). The van der Waals surface area contributed by atoms with Crippen LogP contribution in [0.2, 0.25) is 0 Å². The number of likely N-dealkylation sites (tertiary alicyclic amines) is 1. The third kappa shape index (κ3) is 5.40. The molecule has 6 nitrogen and oxygen atoms in total. The van der Waals surface area contributed by atoms with Crippen molar-refractivity contribution in [1.82, 2.24) is 9.88 Å². The van der Waals surface area contributed by atoms with Crippen LogP contribution in [-0.4, -0.2) is 42.2 Å². The first kappa shape index (κ1) is 22.1. The smallest absolute Gasteiger partial charge is 0.295 e. The Hall–Kier alpha value is -3.06. The average molecular weight is 440 g/mol. The van der Waals surface area contributed by atoms with Crippen LogP contribution in [-0.2, 0) is 6.54 Å². The van der Waals surface area contributed by atoms with Gasteiger partial charge in [-0.25, -0.2) is 0 Å². The van der Waals surface area contributed by atoms with Crippen LogP contribution in [0.5, 0.6) is 11.5 Å². The molecule has 0 aliphatic carbocycles. The van der Waals surface area contributed by atoms with E-state index in [1.54, 1.807) is 18.4 Å². The number of hydrogen-bond acceptors (Lipinski definition) is 6. The molecule has 1 aliphatic heterocycles. The third-order valence-electron chi connectivity index (χ3n) is 5.56. The molecule has 1 N–H and O–H groups in total. The highest BCUT2D eigenvalue weighted by molar-refractivity contribution is 5.59. The predicted octanol–water partition coefficient (Wildman–Crippen LogP) is 5.35. The zero-order chi connectivity index (χ0) is 22.3. The van der Waals surface area contributed by atoms with Gasteiger partial charge in [0, 0.05) is 31.2 Å². The second-order valence-corrected chi connectivity index (χ2v) is 7.87. The first-order chi connectivity index (χ1) is 15.7. The molecule has 0 atom stereocenters. The number of oxazole rings is 1. The van der Waals surface area contributed by atoms with Crippen LogP contribution < -0.4 is 14.8 Å². The van der Waals surface area contributed by atoms with Gasteiger partial charge in [-0.15, -0.1) is 0 Å². The minimum absolute atomic E-state index is 0.253. The lowest BCUT2D eigenvalue weighted by Gasteiger charge is -2.32. The molecule has 1 aliphatic rings. The Morgan fingerprint density at radius 2 is 1.72 bits per heavy atom. The van der Waals surface area contributed by atoms with Gasteiger partial charge in [-0.2, -0.15) is 9.37 Å². The molecule has 170 valence electrons. The zero-order valence-corrected chi connectivity index (χ0v) is 18.6. The van der Waals surface area contributed by atoms with E-state index in [0.29, 0.717) is 25.3 Å². The number of nitrogens with zero attached hydrogens (tertiary/aromatic N) is 2. The highest BCUT2D eigenvalue weighted by Crippen LogP contribution is 2.30. The summed E-state index contributed by atoms with van der Waals surface area (Å²) in [5, 5.41) is 3.42. The predicted molar refractivity (Wildman–Crippen MR) is 123 cm³/mol. The van der Waals surface area contributed by atoms with Crippen LogP contribution in [0, 0.1) is 5.82 Å². The van der Waals surface area contributed by atoms with Gasteiger partial charge in [0.25, 0.3) is 6.01 Å². The summed E-state index contributed by atoms with van der Waals surface area (Å²) in [5.41, 5.74) is 2.86. The molecule has 0 unspecified atom stereocenters. The molecular formula is C25H30FN3O3. The quantitative estimate of drug-likeness (QED) is 0.485. The number of aromatic nitrogens is 1. The lowest BCUT2D eigenvalue weighted by molar-refractivity contribution is 0.209. The van der Waals surface area contributed by atoms with Crippen LogP contribution in [0.4, 0.5) is 10.4 Å². The molecule has 0 bridgehead atoms. The number of halogens is 1. The van der Waals surface area contributed by atoms with Crippen LogP contribution in [0.1, 0.15) is 32.3 Å². The fraction of sp³-hybridized carbons (Fsp3) is 0.400. The lowest BCUT2D eigenvalue weighted by Crippen LogP contribution is -2.38. The monoisotopic (exact) mass is 439 g/mol. The molecule has 0 saturated carbocycles. The van der Waals surface area contributed by atoms with Crippen LogP contribution in [0.25, 0.3) is 11.3 Å². The number of benzene rings is 2. The molecule has 0 amide bonds. The molecule has 4 rings (SSSR count). The number of piperidine rings is 1. The molecule has 1 aromatic heterocycles. The molecule has 0 spiro atoms. The summed E-state index contributed by atoms with van der Waals surface area (Å²) in [6, 6.07) is 14.4. The summed E-state index contributed by atoms with van der Waals surface area (Å²) >= 11 is 0. The second-order valence-electron chi connectivity index (χ2n) is 7.87. The maximum Gasteiger partial charge on any atom is 0.295 e. The van der Waals surface area contributed by atoms with Gasteiger partial charge < -0.3 is 19.2 Å². The van der Waals surface area contributed by atoms with Crippen molar-refractivity contribution in [3.05, 3.63) is 60.1 Å². The second kappa shape index (κ2) is 10.5. The van der Waals surface area contributed by atoms with E-state index < -0.39 is 5.82 Å². The van der Waals surface area contributed by atoms with E-state index >= 15 is 0 Å². The first-order valence-electron chi connectivity index (χ1n) is 11.2. The number of nitrogens with one attached hydrogen (secondary N) is 1. The van der Waals surface area contributed by atoms with E-state index in [9.17, 15) is 4.39 Å². The highest BCUT2D eigenvalue weighted by atomic mass is 19.1. The van der Waals surface area contributed by atoms with Crippen molar-refractivity contribution in [2.45, 2.75) is 39.3 Å². The van der Waals surface area contributed by atoms with E-state index in [-0.39, 0.29) is 11.5 Å². The number of hydrogen-bond donors (Lipinski definition) is 1. The summed E-state index contributed by atoms with van der Waals surface area (Å²) in [7, 11) is 0. The van der Waals surface area contributed by atoms with Crippen LogP contribution in [0.3, 0.4) is 0 Å². The summed E-state index contributed by atoms with van der Waals surface area (Å²) in [4.78, 5) is 6.93. The van der Waals surface area contributed by atoms with Crippen molar-refractivity contribution in [2.75, 3.05) is 31.6 Å². The van der Waals surface area contributed by atoms with Crippen molar-refractivity contribution in [3.63, 3.8) is 0 Å². The molecule has 7 heteroatoms. The van der Waals surface area contributed by atoms with Crippen molar-refractivity contribution < 1.29 is 18.3 Å². The van der Waals surface area contributed by atoms with E-state index in [2.05, 4.69) is 15.2 Å². The van der Waals surface area contributed by atoms with Gasteiger partial charge in [0.1, 0.15) is 12.0 Å². The maximum absolute atomic E-state index is 14.5. The average Bonchev–Trinajstić information content (AvgIpc) is 3.28. The Morgan fingerprint density at radius 1 is 1.06 bits per heavy atom. The van der Waals surface area contributed by atoms with Gasteiger partial charge in [0.05, 0.1) is 13.2 Å². The summed E-state index contributed by atoms with van der Waals surface area (Å²) in [6.45, 7) is 7.10. The fourth-order valence-corrected chi connectivity index (χ4v) is 3.99. The van der Waals surface area contributed by atoms with Gasteiger partial charge in [-0.05, 0) is 44.4 Å². The third-order valence-corrected chi connectivity index (χ3v) is 5.56. The van der Waals surface area contributed by atoms with E-state index in [4.69, 9.17) is 13.9 Å². The molecule has 0 radical (unpaired) electrons. The van der Waals surface area contributed by atoms with Crippen LogP contribution >= 0.6 is 0 Å². The SMILES string of the molecule is CCOc1cc(CN2CCC(Nc3nc(-c4ccccc4)co3)CC2)cc(OCC)c1F. The lowest BCUT2D eigenvalue weighted by atomic mass is 10.0. The molecule has 32 heavy (non-hydrogen) atoms. The molecule has 2 aromatic carbocycles. The number of rotatable bonds is 9. The van der Waals surface area contributed by atoms with Gasteiger partial charge in [0.15, 0.2) is 11.5 Å². The maximum atomic E-state index is 14.5. The van der Waals surface area contributed by atoms with E-state index in [0.717, 1.165) is 49.3 Å². The van der Waals surface area contributed by atoms with Crippen molar-refractivity contribution in [2.24, 2.45) is 0 Å². The van der Waals surface area contributed by atoms with Crippen LogP contribution in [0.15, 0.2) is 53.1 Å². The van der Waals surface area contributed by atoms with Gasteiger partial charge in [-0.3, -0.25) is 4.90 Å². The molecule has 1 saturated heterocycles. The minimum atomic E-state index is -0.429. The van der Waals surface area contributed by atoms with Gasteiger partial charge in [0.2, 0.25) is 5.82 Å². The molecule has 3 aromatic rings. The Balaban J connectivity index is 1.33. The highest BCUT2D eigenvalue weighted by Gasteiger charge is 2.22. The Labute approximate surface area is 188 Å². The topological polar surface area (TPSA) is 59.8 Å². The first-order valence-corrected chi connectivity index (χ1v) is 11.2. The Kier molecular flexibility index (Phi) is 7.27. The summed E-state index contributed by atoms with van der Waals surface area (Å²) in [6.07, 6.45) is 3.63. The molecule has 2 heterocycles. The molecular weight excluding hydrogens is 409 g/mol. The van der Waals surface area contributed by atoms with Crippen molar-refractivity contribution >= 4 is 6.01 Å². The number of ether oxygens (including phenoxy) is 2. The largest absolute Gasteiger partial charge is 0.491 e. The van der Waals surface area contributed by atoms with E-state index in [1.807, 2.05) is 44.2 Å². The Bertz CT molecular complexity index is 974. The van der Waals surface area contributed by atoms with Gasteiger partial charge in [-0.1, -0.05) is 30.3 Å². The molecule has 1 fully saturated rings. The zero-order valence-electron chi connectivity index (χ0n) is 18.6. The number of anilines is 1. The summed E-state index contributed by atoms with van der Waals surface area (Å²) < 4.78 is 31.1. The fourth-order valence-electron chi connectivity index (χ4n) is 3.99. The van der Waals surface area contributed by atoms with Gasteiger partial charge >= 0.3 is 0 Å². The minimum Gasteiger partial charge on any atom is -0.491 e. The van der Waals surface area contributed by atoms with Crippen molar-refractivity contribution in [3.8, 4) is 22.8 Å². The summed E-state index contributed by atoms with van der Waals surface area (Å²) in [5.74, 6) is 0.0763. The Morgan fingerprint density at radius 3 is 2.34 bits per heavy atom. The van der Waals surface area contributed by atoms with E-state index in [1.165, 1.54) is 0 Å². The normalized spacial score (nSPS) is 15.0.